The van der Waals surface area contributed by atoms with Crippen molar-refractivity contribution in [3.63, 3.8) is 0 Å². The number of rotatable bonds is 7. The summed E-state index contributed by atoms with van der Waals surface area (Å²) in [6.07, 6.45) is 4.53. The van der Waals surface area contributed by atoms with Crippen molar-refractivity contribution in [1.82, 2.24) is 9.62 Å². The maximum absolute atomic E-state index is 11.6. The Morgan fingerprint density at radius 3 is 2.72 bits per heavy atom. The van der Waals surface area contributed by atoms with Crippen LogP contribution in [0.5, 0.6) is 0 Å². The van der Waals surface area contributed by atoms with Crippen LogP contribution in [0.25, 0.3) is 0 Å². The molecule has 1 fully saturated rings. The molecule has 0 radical (unpaired) electrons. The molecule has 0 aromatic heterocycles. The molecular weight excluding hydrogens is 252 g/mol. The van der Waals surface area contributed by atoms with Crippen LogP contribution in [0, 0.1) is 0 Å². The van der Waals surface area contributed by atoms with Crippen LogP contribution in [0.3, 0.4) is 0 Å². The van der Waals surface area contributed by atoms with Crippen LogP contribution in [-0.4, -0.2) is 57.9 Å². The van der Waals surface area contributed by atoms with Crippen LogP contribution in [0.15, 0.2) is 0 Å². The molecule has 0 bridgehead atoms. The van der Waals surface area contributed by atoms with Crippen molar-refractivity contribution in [2.24, 2.45) is 0 Å². The van der Waals surface area contributed by atoms with Gasteiger partial charge in [-0.3, -0.25) is 0 Å². The first kappa shape index (κ1) is 15.9. The predicted molar refractivity (Wildman–Crippen MR) is 73.1 cm³/mol. The summed E-state index contributed by atoms with van der Waals surface area (Å²) in [7, 11) is 0.0578. The minimum absolute atomic E-state index is 0.163. The van der Waals surface area contributed by atoms with Gasteiger partial charge in [0, 0.05) is 33.3 Å². The summed E-state index contributed by atoms with van der Waals surface area (Å²) in [6, 6.07) is 0.396. The molecule has 18 heavy (non-hydrogen) atoms. The van der Waals surface area contributed by atoms with Gasteiger partial charge in [-0.15, -0.1) is 0 Å². The Morgan fingerprint density at radius 1 is 1.39 bits per heavy atom. The third kappa shape index (κ3) is 5.22. The first-order chi connectivity index (χ1) is 8.45. The third-order valence-corrected chi connectivity index (χ3v) is 5.16. The zero-order valence-corrected chi connectivity index (χ0v) is 12.5. The Kier molecular flexibility index (Phi) is 6.55. The lowest BCUT2D eigenvalue weighted by Gasteiger charge is -2.30. The van der Waals surface area contributed by atoms with E-state index in [1.807, 2.05) is 0 Å². The molecule has 0 aromatic carbocycles. The summed E-state index contributed by atoms with van der Waals surface area (Å²) in [6.45, 7) is 3.46. The molecule has 0 aromatic rings. The maximum atomic E-state index is 11.6. The fraction of sp³-hybridized carbons (Fsp3) is 1.00. The summed E-state index contributed by atoms with van der Waals surface area (Å²) >= 11 is 0. The molecule has 0 aliphatic carbocycles. The highest BCUT2D eigenvalue weighted by molar-refractivity contribution is 7.89. The van der Waals surface area contributed by atoms with E-state index in [-0.39, 0.29) is 5.75 Å². The van der Waals surface area contributed by atoms with E-state index in [9.17, 15) is 8.42 Å². The summed E-state index contributed by atoms with van der Waals surface area (Å²) in [4.78, 5) is 0. The average Bonchev–Trinajstić information content (AvgIpc) is 2.29. The Balaban J connectivity index is 2.27. The van der Waals surface area contributed by atoms with Crippen LogP contribution in [0.2, 0.25) is 0 Å². The Bertz CT molecular complexity index is 328. The zero-order valence-electron chi connectivity index (χ0n) is 11.7. The van der Waals surface area contributed by atoms with Gasteiger partial charge in [-0.25, -0.2) is 12.7 Å². The van der Waals surface area contributed by atoms with Crippen molar-refractivity contribution < 1.29 is 13.2 Å². The lowest BCUT2D eigenvalue weighted by molar-refractivity contribution is -0.00279. The smallest absolute Gasteiger partial charge is 0.214 e. The zero-order chi connectivity index (χ0) is 13.6. The third-order valence-electron chi connectivity index (χ3n) is 3.33. The highest BCUT2D eigenvalue weighted by Crippen LogP contribution is 2.17. The Morgan fingerprint density at radius 2 is 2.11 bits per heavy atom. The van der Waals surface area contributed by atoms with Crippen molar-refractivity contribution in [3.05, 3.63) is 0 Å². The van der Waals surface area contributed by atoms with Crippen LogP contribution in [0.1, 0.15) is 32.6 Å². The quantitative estimate of drug-likeness (QED) is 0.749. The molecule has 1 heterocycles. The minimum atomic E-state index is -3.08. The maximum Gasteiger partial charge on any atom is 0.214 e. The number of hydrogen-bond acceptors (Lipinski definition) is 4. The van der Waals surface area contributed by atoms with Crippen LogP contribution in [-0.2, 0) is 14.8 Å². The highest BCUT2D eigenvalue weighted by atomic mass is 32.2. The predicted octanol–water partition coefficient (Wildman–Crippen LogP) is 0.815. The van der Waals surface area contributed by atoms with E-state index in [1.165, 1.54) is 4.31 Å². The monoisotopic (exact) mass is 278 g/mol. The molecule has 6 heteroatoms. The Labute approximate surface area is 111 Å². The van der Waals surface area contributed by atoms with Crippen LogP contribution in [0.4, 0.5) is 0 Å². The molecule has 1 aliphatic rings. The van der Waals surface area contributed by atoms with Crippen molar-refractivity contribution in [3.8, 4) is 0 Å². The average molecular weight is 278 g/mol. The molecule has 1 N–H and O–H groups in total. The number of hydrogen-bond donors (Lipinski definition) is 1. The first-order valence-corrected chi connectivity index (χ1v) is 8.31. The molecule has 1 saturated heterocycles. The summed E-state index contributed by atoms with van der Waals surface area (Å²) < 4.78 is 30.1. The molecule has 108 valence electrons. The second kappa shape index (κ2) is 7.43. The summed E-state index contributed by atoms with van der Waals surface area (Å²) in [5.41, 5.74) is 0. The molecule has 2 unspecified atom stereocenters. The van der Waals surface area contributed by atoms with Crippen molar-refractivity contribution >= 4 is 10.0 Å². The van der Waals surface area contributed by atoms with Gasteiger partial charge < -0.3 is 10.1 Å². The molecule has 1 rings (SSSR count). The van der Waals surface area contributed by atoms with Crippen LogP contribution >= 0.6 is 0 Å². The van der Waals surface area contributed by atoms with E-state index in [4.69, 9.17) is 4.74 Å². The number of sulfonamides is 1. The SMILES string of the molecule is CCCC1CC(NCCS(=O)(=O)N(C)C)CCO1. The number of nitrogens with one attached hydrogen (secondary N) is 1. The van der Waals surface area contributed by atoms with Gasteiger partial charge in [0.15, 0.2) is 0 Å². The topological polar surface area (TPSA) is 58.6 Å². The molecule has 0 amide bonds. The van der Waals surface area contributed by atoms with Crippen molar-refractivity contribution in [2.75, 3.05) is 33.0 Å². The normalized spacial score (nSPS) is 25.6. The van der Waals surface area contributed by atoms with E-state index < -0.39 is 10.0 Å². The fourth-order valence-electron chi connectivity index (χ4n) is 2.16. The molecule has 0 spiro atoms. The van der Waals surface area contributed by atoms with Gasteiger partial charge in [-0.2, -0.15) is 0 Å². The lowest BCUT2D eigenvalue weighted by atomic mass is 10.0. The van der Waals surface area contributed by atoms with Gasteiger partial charge in [0.05, 0.1) is 11.9 Å². The van der Waals surface area contributed by atoms with Gasteiger partial charge in [0.25, 0.3) is 0 Å². The van der Waals surface area contributed by atoms with Gasteiger partial charge in [-0.05, 0) is 19.3 Å². The standard InChI is InChI=1S/C12H26N2O3S/c1-4-5-12-10-11(6-8-17-12)13-7-9-18(15,16)14(2)3/h11-13H,4-10H2,1-3H3. The number of ether oxygens (including phenoxy) is 1. The largest absolute Gasteiger partial charge is 0.378 e. The van der Waals surface area contributed by atoms with E-state index in [0.717, 1.165) is 32.3 Å². The summed E-state index contributed by atoms with van der Waals surface area (Å²) in [5, 5.41) is 3.34. The van der Waals surface area contributed by atoms with E-state index in [1.54, 1.807) is 14.1 Å². The lowest BCUT2D eigenvalue weighted by Crippen LogP contribution is -2.41. The number of nitrogens with zero attached hydrogens (tertiary/aromatic N) is 1. The molecule has 5 nitrogen and oxygen atoms in total. The van der Waals surface area contributed by atoms with Crippen LogP contribution < -0.4 is 5.32 Å². The molecule has 2 atom stereocenters. The van der Waals surface area contributed by atoms with E-state index in [0.29, 0.717) is 18.7 Å². The Hall–Kier alpha value is -0.170. The van der Waals surface area contributed by atoms with Crippen molar-refractivity contribution in [2.45, 2.75) is 44.8 Å². The molecule has 0 saturated carbocycles. The molecule has 1 aliphatic heterocycles. The van der Waals surface area contributed by atoms with Gasteiger partial charge >= 0.3 is 0 Å². The van der Waals surface area contributed by atoms with Gasteiger partial charge in [0.2, 0.25) is 10.0 Å². The highest BCUT2D eigenvalue weighted by Gasteiger charge is 2.22. The van der Waals surface area contributed by atoms with Gasteiger partial charge in [-0.1, -0.05) is 13.3 Å². The minimum Gasteiger partial charge on any atom is -0.378 e. The molecular formula is C12H26N2O3S. The van der Waals surface area contributed by atoms with Gasteiger partial charge in [0.1, 0.15) is 0 Å². The summed E-state index contributed by atoms with van der Waals surface area (Å²) in [5.74, 6) is 0.163. The van der Waals surface area contributed by atoms with E-state index >= 15 is 0 Å². The van der Waals surface area contributed by atoms with Crippen molar-refractivity contribution in [1.29, 1.82) is 0 Å². The van der Waals surface area contributed by atoms with E-state index in [2.05, 4.69) is 12.2 Å². The second-order valence-electron chi connectivity index (χ2n) is 5.06. The fourth-order valence-corrected chi connectivity index (χ4v) is 2.90. The first-order valence-electron chi connectivity index (χ1n) is 6.71. The second-order valence-corrected chi connectivity index (χ2v) is 7.36.